The lowest BCUT2D eigenvalue weighted by molar-refractivity contribution is -0.138. The molecule has 3 N–H and O–H groups in total. The first-order valence-electron chi connectivity index (χ1n) is 6.94. The summed E-state index contributed by atoms with van der Waals surface area (Å²) < 4.78 is 0. The van der Waals surface area contributed by atoms with Crippen molar-refractivity contribution in [2.45, 2.75) is 39.7 Å². The first-order chi connectivity index (χ1) is 10.1. The molecule has 0 fully saturated rings. The van der Waals surface area contributed by atoms with Crippen LogP contribution in [-0.2, 0) is 11.2 Å². The second-order valence-corrected chi connectivity index (χ2v) is 6.38. The quantitative estimate of drug-likeness (QED) is 0.761. The number of ketones is 1. The van der Waals surface area contributed by atoms with Gasteiger partial charge in [-0.3, -0.25) is 19.2 Å². The summed E-state index contributed by atoms with van der Waals surface area (Å²) in [5, 5.41) is 11.0. The highest BCUT2D eigenvalue weighted by atomic mass is 16.4. The SMILES string of the molecule is CC(NC(=O)c1cc2c([nH]c1=O)CC(C)(C)CC2=O)C(=O)O. The molecule has 118 valence electrons. The van der Waals surface area contributed by atoms with Crippen molar-refractivity contribution in [2.75, 3.05) is 0 Å². The molecular formula is C15H18N2O5. The van der Waals surface area contributed by atoms with Crippen LogP contribution in [0.4, 0.5) is 0 Å². The lowest BCUT2D eigenvalue weighted by atomic mass is 9.75. The van der Waals surface area contributed by atoms with Crippen LogP contribution >= 0.6 is 0 Å². The van der Waals surface area contributed by atoms with Gasteiger partial charge in [-0.05, 0) is 24.8 Å². The van der Waals surface area contributed by atoms with Gasteiger partial charge < -0.3 is 15.4 Å². The van der Waals surface area contributed by atoms with Gasteiger partial charge in [0.05, 0.1) is 0 Å². The Morgan fingerprint density at radius 1 is 1.32 bits per heavy atom. The van der Waals surface area contributed by atoms with Crippen LogP contribution in [0.1, 0.15) is 53.6 Å². The van der Waals surface area contributed by atoms with Crippen molar-refractivity contribution in [1.29, 1.82) is 0 Å². The molecule has 1 aliphatic rings. The number of carboxylic acid groups (broad SMARTS) is 1. The monoisotopic (exact) mass is 306 g/mol. The Morgan fingerprint density at radius 3 is 2.55 bits per heavy atom. The number of aromatic nitrogens is 1. The highest BCUT2D eigenvalue weighted by Gasteiger charge is 2.32. The van der Waals surface area contributed by atoms with Gasteiger partial charge in [0.25, 0.3) is 11.5 Å². The smallest absolute Gasteiger partial charge is 0.325 e. The van der Waals surface area contributed by atoms with Crippen LogP contribution in [0.3, 0.4) is 0 Å². The van der Waals surface area contributed by atoms with E-state index in [1.54, 1.807) is 0 Å². The maximum atomic E-state index is 12.2. The first-order valence-corrected chi connectivity index (χ1v) is 6.94. The number of carbonyl (C=O) groups excluding carboxylic acids is 2. The van der Waals surface area contributed by atoms with Crippen molar-refractivity contribution in [3.63, 3.8) is 0 Å². The van der Waals surface area contributed by atoms with Crippen molar-refractivity contribution in [2.24, 2.45) is 5.41 Å². The summed E-state index contributed by atoms with van der Waals surface area (Å²) in [6.07, 6.45) is 0.870. The van der Waals surface area contributed by atoms with Gasteiger partial charge in [-0.1, -0.05) is 13.8 Å². The number of fused-ring (bicyclic) bond motifs is 1. The minimum Gasteiger partial charge on any atom is -0.480 e. The molecule has 0 aromatic carbocycles. The van der Waals surface area contributed by atoms with E-state index in [9.17, 15) is 19.2 Å². The lowest BCUT2D eigenvalue weighted by Crippen LogP contribution is -2.41. The third-order valence-corrected chi connectivity index (χ3v) is 3.68. The van der Waals surface area contributed by atoms with Gasteiger partial charge in [-0.2, -0.15) is 0 Å². The molecule has 0 saturated heterocycles. The average Bonchev–Trinajstić information content (AvgIpc) is 2.35. The minimum absolute atomic E-state index is 0.136. The number of pyridine rings is 1. The Kier molecular flexibility index (Phi) is 3.91. The Balaban J connectivity index is 2.39. The summed E-state index contributed by atoms with van der Waals surface area (Å²) in [5.41, 5.74) is -0.269. The van der Waals surface area contributed by atoms with E-state index in [0.29, 0.717) is 24.1 Å². The van der Waals surface area contributed by atoms with Crippen LogP contribution in [-0.4, -0.2) is 33.8 Å². The van der Waals surface area contributed by atoms with E-state index >= 15 is 0 Å². The predicted molar refractivity (Wildman–Crippen MR) is 78.1 cm³/mol. The topological polar surface area (TPSA) is 116 Å². The van der Waals surface area contributed by atoms with Crippen molar-refractivity contribution < 1.29 is 19.5 Å². The molecule has 0 aliphatic heterocycles. The maximum Gasteiger partial charge on any atom is 0.325 e. The second-order valence-electron chi connectivity index (χ2n) is 6.38. The Morgan fingerprint density at radius 2 is 1.95 bits per heavy atom. The van der Waals surface area contributed by atoms with E-state index in [1.165, 1.54) is 13.0 Å². The third-order valence-electron chi connectivity index (χ3n) is 3.68. The molecular weight excluding hydrogens is 288 g/mol. The van der Waals surface area contributed by atoms with E-state index in [1.807, 2.05) is 13.8 Å². The van der Waals surface area contributed by atoms with Crippen molar-refractivity contribution >= 4 is 17.7 Å². The van der Waals surface area contributed by atoms with E-state index in [0.717, 1.165) is 0 Å². The third kappa shape index (κ3) is 3.08. The van der Waals surface area contributed by atoms with E-state index in [-0.39, 0.29) is 16.8 Å². The molecule has 1 aromatic heterocycles. The standard InChI is InChI=1S/C15H18N2O5/c1-7(14(21)22)16-12(19)9-4-8-10(17-13(9)20)5-15(2,3)6-11(8)18/h4,7H,5-6H2,1-3H3,(H,16,19)(H,17,20)(H,21,22). The summed E-state index contributed by atoms with van der Waals surface area (Å²) in [7, 11) is 0. The van der Waals surface area contributed by atoms with Gasteiger partial charge in [0.1, 0.15) is 11.6 Å². The number of Topliss-reactive ketones (excluding diaryl/α,β-unsaturated/α-hetero) is 1. The lowest BCUT2D eigenvalue weighted by Gasteiger charge is -2.29. The number of H-pyrrole nitrogens is 1. The van der Waals surface area contributed by atoms with Gasteiger partial charge in [-0.25, -0.2) is 0 Å². The summed E-state index contributed by atoms with van der Waals surface area (Å²) in [6, 6.07) is 0.132. The molecule has 0 bridgehead atoms. The van der Waals surface area contributed by atoms with Crippen molar-refractivity contribution in [1.82, 2.24) is 10.3 Å². The summed E-state index contributed by atoms with van der Waals surface area (Å²) in [6.45, 7) is 5.16. The zero-order chi connectivity index (χ0) is 16.7. The van der Waals surface area contributed by atoms with E-state index in [4.69, 9.17) is 5.11 Å². The normalized spacial score (nSPS) is 17.5. The highest BCUT2D eigenvalue weighted by molar-refractivity contribution is 6.02. The number of aromatic amines is 1. The molecule has 1 amide bonds. The van der Waals surface area contributed by atoms with Gasteiger partial charge in [0.15, 0.2) is 5.78 Å². The van der Waals surface area contributed by atoms with Crippen LogP contribution in [0.25, 0.3) is 0 Å². The van der Waals surface area contributed by atoms with Gasteiger partial charge >= 0.3 is 5.97 Å². The van der Waals surface area contributed by atoms with Gasteiger partial charge in [-0.15, -0.1) is 0 Å². The predicted octanol–water partition coefficient (Wildman–Crippen LogP) is 0.733. The van der Waals surface area contributed by atoms with E-state index in [2.05, 4.69) is 10.3 Å². The highest BCUT2D eigenvalue weighted by Crippen LogP contribution is 2.33. The molecule has 1 aromatic rings. The Labute approximate surface area is 126 Å². The van der Waals surface area contributed by atoms with Crippen LogP contribution in [0.2, 0.25) is 0 Å². The molecule has 1 unspecified atom stereocenters. The first kappa shape index (κ1) is 15.9. The number of hydrogen-bond acceptors (Lipinski definition) is 4. The number of nitrogens with one attached hydrogen (secondary N) is 2. The number of carboxylic acids is 1. The second kappa shape index (κ2) is 5.40. The largest absolute Gasteiger partial charge is 0.480 e. The Bertz CT molecular complexity index is 717. The van der Waals surface area contributed by atoms with Gasteiger partial charge in [0.2, 0.25) is 0 Å². The average molecular weight is 306 g/mol. The number of amides is 1. The molecule has 1 heterocycles. The van der Waals surface area contributed by atoms with E-state index < -0.39 is 23.5 Å². The molecule has 22 heavy (non-hydrogen) atoms. The summed E-state index contributed by atoms with van der Waals surface area (Å²) >= 11 is 0. The zero-order valence-corrected chi connectivity index (χ0v) is 12.6. The van der Waals surface area contributed by atoms with Crippen LogP contribution in [0.5, 0.6) is 0 Å². The van der Waals surface area contributed by atoms with Gasteiger partial charge in [0, 0.05) is 17.7 Å². The molecule has 0 spiro atoms. The molecule has 1 atom stereocenters. The fourth-order valence-corrected chi connectivity index (χ4v) is 2.53. The zero-order valence-electron chi connectivity index (χ0n) is 12.6. The van der Waals surface area contributed by atoms with Crippen LogP contribution in [0, 0.1) is 5.41 Å². The number of rotatable bonds is 3. The number of aliphatic carboxylic acids is 1. The molecule has 0 saturated carbocycles. The molecule has 2 rings (SSSR count). The van der Waals surface area contributed by atoms with Crippen molar-refractivity contribution in [3.8, 4) is 0 Å². The fourth-order valence-electron chi connectivity index (χ4n) is 2.53. The van der Waals surface area contributed by atoms with Crippen LogP contribution < -0.4 is 10.9 Å². The van der Waals surface area contributed by atoms with Crippen LogP contribution in [0.15, 0.2) is 10.9 Å². The fraction of sp³-hybridized carbons (Fsp3) is 0.467. The molecule has 1 aliphatic carbocycles. The molecule has 7 nitrogen and oxygen atoms in total. The minimum atomic E-state index is -1.21. The summed E-state index contributed by atoms with van der Waals surface area (Å²) in [5.74, 6) is -2.15. The molecule has 0 radical (unpaired) electrons. The summed E-state index contributed by atoms with van der Waals surface area (Å²) in [4.78, 5) is 49.5. The number of carbonyl (C=O) groups is 3. The van der Waals surface area contributed by atoms with Crippen molar-refractivity contribution in [3.05, 3.63) is 33.2 Å². The molecule has 7 heteroatoms. The maximum absolute atomic E-state index is 12.2. The Hall–Kier alpha value is -2.44. The number of hydrogen-bond donors (Lipinski definition) is 3.